The first kappa shape index (κ1) is 17.1. The molecule has 0 aliphatic rings. The van der Waals surface area contributed by atoms with Crippen LogP contribution >= 0.6 is 0 Å². The summed E-state index contributed by atoms with van der Waals surface area (Å²) in [6, 6.07) is 13.8. The quantitative estimate of drug-likeness (QED) is 0.653. The van der Waals surface area contributed by atoms with Gasteiger partial charge in [-0.1, -0.05) is 12.1 Å². The lowest BCUT2D eigenvalue weighted by Gasteiger charge is -2.03. The Hall–Kier alpha value is -3.21. The van der Waals surface area contributed by atoms with Crippen LogP contribution in [0.3, 0.4) is 0 Å². The lowest BCUT2D eigenvalue weighted by molar-refractivity contribution is -0.114. The van der Waals surface area contributed by atoms with E-state index in [1.165, 1.54) is 19.9 Å². The minimum absolute atomic E-state index is 0.0181. The molecular formula is C19H18N2O3. The number of nitrogens with one attached hydrogen (secondary N) is 2. The maximum atomic E-state index is 11.9. The van der Waals surface area contributed by atoms with E-state index in [4.69, 9.17) is 0 Å². The summed E-state index contributed by atoms with van der Waals surface area (Å²) in [5.41, 5.74) is 2.76. The summed E-state index contributed by atoms with van der Waals surface area (Å²) in [7, 11) is 0. The van der Waals surface area contributed by atoms with Gasteiger partial charge in [-0.05, 0) is 55.0 Å². The van der Waals surface area contributed by atoms with Gasteiger partial charge in [0.25, 0.3) is 0 Å². The molecule has 0 aliphatic carbocycles. The van der Waals surface area contributed by atoms with Crippen molar-refractivity contribution >= 4 is 35.0 Å². The van der Waals surface area contributed by atoms with Crippen LogP contribution in [0.1, 0.15) is 29.8 Å². The van der Waals surface area contributed by atoms with Gasteiger partial charge in [-0.15, -0.1) is 0 Å². The molecule has 0 heterocycles. The first-order valence-corrected chi connectivity index (χ1v) is 7.42. The van der Waals surface area contributed by atoms with Crippen LogP contribution in [0.2, 0.25) is 0 Å². The summed E-state index contributed by atoms with van der Waals surface area (Å²) in [5.74, 6) is -0.416. The summed E-state index contributed by atoms with van der Waals surface area (Å²) in [4.78, 5) is 34.0. The van der Waals surface area contributed by atoms with Crippen molar-refractivity contribution in [3.63, 3.8) is 0 Å². The highest BCUT2D eigenvalue weighted by atomic mass is 16.2. The number of ketones is 1. The molecule has 5 nitrogen and oxygen atoms in total. The minimum Gasteiger partial charge on any atom is -0.326 e. The molecule has 2 aromatic rings. The molecule has 2 aromatic carbocycles. The van der Waals surface area contributed by atoms with Gasteiger partial charge < -0.3 is 10.6 Å². The van der Waals surface area contributed by atoms with Gasteiger partial charge in [0.05, 0.1) is 0 Å². The van der Waals surface area contributed by atoms with E-state index in [2.05, 4.69) is 10.6 Å². The standard InChI is InChI=1S/C19H18N2O3/c1-13(22)16-6-10-18(11-7-16)21-19(24)12-5-15-3-8-17(9-4-15)20-14(2)23/h3-12H,1-2H3,(H,20,23)(H,21,24)/b12-5+. The summed E-state index contributed by atoms with van der Waals surface area (Å²) < 4.78 is 0. The van der Waals surface area contributed by atoms with Gasteiger partial charge in [0.1, 0.15) is 0 Å². The second-order valence-electron chi connectivity index (χ2n) is 5.26. The predicted molar refractivity (Wildman–Crippen MR) is 94.9 cm³/mol. The van der Waals surface area contributed by atoms with Gasteiger partial charge in [0.15, 0.2) is 5.78 Å². The van der Waals surface area contributed by atoms with Crippen LogP contribution in [0, 0.1) is 0 Å². The fourth-order valence-corrected chi connectivity index (χ4v) is 2.02. The Morgan fingerprint density at radius 1 is 0.792 bits per heavy atom. The second kappa shape index (κ2) is 7.87. The number of amides is 2. The van der Waals surface area contributed by atoms with E-state index in [9.17, 15) is 14.4 Å². The van der Waals surface area contributed by atoms with Crippen LogP contribution in [0.25, 0.3) is 6.08 Å². The van der Waals surface area contributed by atoms with E-state index in [-0.39, 0.29) is 17.6 Å². The van der Waals surface area contributed by atoms with Crippen molar-refractivity contribution in [2.45, 2.75) is 13.8 Å². The third-order valence-corrected chi connectivity index (χ3v) is 3.22. The highest BCUT2D eigenvalue weighted by molar-refractivity contribution is 6.02. The number of rotatable bonds is 5. The summed E-state index contributed by atoms with van der Waals surface area (Å²) in [5, 5.41) is 5.40. The van der Waals surface area contributed by atoms with Crippen LogP contribution < -0.4 is 10.6 Å². The van der Waals surface area contributed by atoms with E-state index in [0.717, 1.165) is 5.56 Å². The molecule has 0 atom stereocenters. The number of carbonyl (C=O) groups excluding carboxylic acids is 3. The molecule has 0 fully saturated rings. The van der Waals surface area contributed by atoms with Gasteiger partial charge in [0, 0.05) is 29.9 Å². The Labute approximate surface area is 140 Å². The van der Waals surface area contributed by atoms with Gasteiger partial charge in [-0.2, -0.15) is 0 Å². The third kappa shape index (κ3) is 5.21. The zero-order chi connectivity index (χ0) is 17.5. The van der Waals surface area contributed by atoms with Crippen molar-refractivity contribution in [1.29, 1.82) is 0 Å². The fourth-order valence-electron chi connectivity index (χ4n) is 2.02. The van der Waals surface area contributed by atoms with Gasteiger partial charge >= 0.3 is 0 Å². The molecule has 24 heavy (non-hydrogen) atoms. The number of hydrogen-bond donors (Lipinski definition) is 2. The molecule has 2 amide bonds. The highest BCUT2D eigenvalue weighted by Gasteiger charge is 2.01. The maximum absolute atomic E-state index is 11.9. The Morgan fingerprint density at radius 2 is 1.33 bits per heavy atom. The van der Waals surface area contributed by atoms with E-state index in [0.29, 0.717) is 16.9 Å². The predicted octanol–water partition coefficient (Wildman–Crippen LogP) is 3.50. The SMILES string of the molecule is CC(=O)Nc1ccc(/C=C/C(=O)Nc2ccc(C(C)=O)cc2)cc1. The van der Waals surface area contributed by atoms with E-state index >= 15 is 0 Å². The normalized spacial score (nSPS) is 10.4. The average Bonchev–Trinajstić information content (AvgIpc) is 2.54. The number of benzene rings is 2. The zero-order valence-electron chi connectivity index (χ0n) is 13.5. The number of hydrogen-bond acceptors (Lipinski definition) is 3. The van der Waals surface area contributed by atoms with E-state index in [1.54, 1.807) is 54.6 Å². The minimum atomic E-state index is -0.267. The molecule has 0 unspecified atom stereocenters. The lowest BCUT2D eigenvalue weighted by atomic mass is 10.1. The molecular weight excluding hydrogens is 304 g/mol. The van der Waals surface area contributed by atoms with Crippen molar-refractivity contribution in [1.82, 2.24) is 0 Å². The molecule has 0 saturated carbocycles. The molecule has 0 radical (unpaired) electrons. The Balaban J connectivity index is 1.94. The van der Waals surface area contributed by atoms with Crippen molar-refractivity contribution in [3.8, 4) is 0 Å². The van der Waals surface area contributed by atoms with Crippen molar-refractivity contribution in [2.75, 3.05) is 10.6 Å². The largest absolute Gasteiger partial charge is 0.326 e. The molecule has 2 N–H and O–H groups in total. The van der Waals surface area contributed by atoms with Crippen LogP contribution in [0.5, 0.6) is 0 Å². The topological polar surface area (TPSA) is 75.3 Å². The zero-order valence-corrected chi connectivity index (χ0v) is 13.5. The molecule has 0 aromatic heterocycles. The Kier molecular flexibility index (Phi) is 5.63. The van der Waals surface area contributed by atoms with Crippen molar-refractivity contribution in [3.05, 3.63) is 65.7 Å². The maximum Gasteiger partial charge on any atom is 0.248 e. The molecule has 0 bridgehead atoms. The van der Waals surface area contributed by atoms with E-state index < -0.39 is 0 Å². The van der Waals surface area contributed by atoms with Crippen LogP contribution in [0.15, 0.2) is 54.6 Å². The Morgan fingerprint density at radius 3 is 1.88 bits per heavy atom. The van der Waals surface area contributed by atoms with Gasteiger partial charge in [-0.3, -0.25) is 14.4 Å². The number of carbonyl (C=O) groups is 3. The summed E-state index contributed by atoms with van der Waals surface area (Å²) >= 11 is 0. The van der Waals surface area contributed by atoms with Crippen LogP contribution in [-0.4, -0.2) is 17.6 Å². The fraction of sp³-hybridized carbons (Fsp3) is 0.105. The molecule has 122 valence electrons. The van der Waals surface area contributed by atoms with E-state index in [1.807, 2.05) is 0 Å². The molecule has 0 spiro atoms. The molecule has 5 heteroatoms. The number of Topliss-reactive ketones (excluding diaryl/α,β-unsaturated/α-hetero) is 1. The second-order valence-corrected chi connectivity index (χ2v) is 5.26. The lowest BCUT2D eigenvalue weighted by Crippen LogP contribution is -2.07. The number of anilines is 2. The molecule has 0 saturated heterocycles. The molecule has 0 aliphatic heterocycles. The van der Waals surface area contributed by atoms with Crippen LogP contribution in [0.4, 0.5) is 11.4 Å². The average molecular weight is 322 g/mol. The van der Waals surface area contributed by atoms with Crippen molar-refractivity contribution in [2.24, 2.45) is 0 Å². The Bertz CT molecular complexity index is 775. The first-order valence-electron chi connectivity index (χ1n) is 7.42. The highest BCUT2D eigenvalue weighted by Crippen LogP contribution is 2.12. The van der Waals surface area contributed by atoms with Gasteiger partial charge in [-0.25, -0.2) is 0 Å². The van der Waals surface area contributed by atoms with Crippen molar-refractivity contribution < 1.29 is 14.4 Å². The third-order valence-electron chi connectivity index (χ3n) is 3.22. The van der Waals surface area contributed by atoms with Gasteiger partial charge in [0.2, 0.25) is 11.8 Å². The van der Waals surface area contributed by atoms with Crippen LogP contribution in [-0.2, 0) is 9.59 Å². The smallest absolute Gasteiger partial charge is 0.248 e. The molecule has 2 rings (SSSR count). The summed E-state index contributed by atoms with van der Waals surface area (Å²) in [6.07, 6.45) is 3.10. The summed E-state index contributed by atoms with van der Waals surface area (Å²) in [6.45, 7) is 2.94. The monoisotopic (exact) mass is 322 g/mol. The first-order chi connectivity index (χ1) is 11.4.